The number of likely N-dealkylation sites (N-methyl/N-ethyl adjacent to an activating group) is 1. The van der Waals surface area contributed by atoms with Gasteiger partial charge in [0.05, 0.1) is 5.56 Å². The number of ether oxygens (including phenoxy) is 1. The highest BCUT2D eigenvalue weighted by molar-refractivity contribution is 5.53. The minimum Gasteiger partial charge on any atom is -0.490 e. The summed E-state index contributed by atoms with van der Waals surface area (Å²) in [5, 5.41) is 8.99. The van der Waals surface area contributed by atoms with Crippen LogP contribution in [0.1, 0.15) is 19.4 Å². The van der Waals surface area contributed by atoms with E-state index in [-0.39, 0.29) is 5.54 Å². The molecule has 0 aliphatic rings. The van der Waals surface area contributed by atoms with Crippen LogP contribution in [-0.2, 0) is 0 Å². The molecule has 0 aliphatic heterocycles. The molecule has 1 aromatic rings. The van der Waals surface area contributed by atoms with E-state index in [1.165, 1.54) is 0 Å². The van der Waals surface area contributed by atoms with Gasteiger partial charge >= 0.3 is 0 Å². The van der Waals surface area contributed by atoms with Crippen LogP contribution in [0.15, 0.2) is 18.2 Å². The molecular weight excluding hydrogens is 214 g/mol. The molecule has 0 heterocycles. The van der Waals surface area contributed by atoms with Crippen molar-refractivity contribution in [3.63, 3.8) is 0 Å². The van der Waals surface area contributed by atoms with E-state index in [1.54, 1.807) is 18.2 Å². The van der Waals surface area contributed by atoms with Crippen LogP contribution in [-0.4, -0.2) is 31.1 Å². The van der Waals surface area contributed by atoms with Gasteiger partial charge in [-0.3, -0.25) is 0 Å². The maximum absolute atomic E-state index is 8.99. The van der Waals surface area contributed by atoms with E-state index in [0.717, 1.165) is 0 Å². The molecule has 0 fully saturated rings. The number of anilines is 1. The number of nitriles is 1. The fourth-order valence-corrected chi connectivity index (χ4v) is 1.14. The third-order valence-corrected chi connectivity index (χ3v) is 2.92. The highest BCUT2D eigenvalue weighted by Gasteiger charge is 2.21. The molecule has 0 unspecified atom stereocenters. The van der Waals surface area contributed by atoms with Gasteiger partial charge in [-0.2, -0.15) is 5.26 Å². The van der Waals surface area contributed by atoms with E-state index in [9.17, 15) is 0 Å². The summed E-state index contributed by atoms with van der Waals surface area (Å²) >= 11 is 0. The second-order valence-corrected chi connectivity index (χ2v) is 4.86. The highest BCUT2D eigenvalue weighted by atomic mass is 16.5. The third-order valence-electron chi connectivity index (χ3n) is 2.92. The van der Waals surface area contributed by atoms with Crippen molar-refractivity contribution < 1.29 is 4.74 Å². The van der Waals surface area contributed by atoms with Crippen LogP contribution in [0, 0.1) is 11.3 Å². The van der Waals surface area contributed by atoms with Crippen molar-refractivity contribution in [1.82, 2.24) is 4.90 Å². The predicted molar refractivity (Wildman–Crippen MR) is 68.8 cm³/mol. The van der Waals surface area contributed by atoms with E-state index in [0.29, 0.717) is 23.6 Å². The van der Waals surface area contributed by atoms with Crippen LogP contribution in [0.2, 0.25) is 0 Å². The number of nitrogen functional groups attached to an aromatic ring is 1. The van der Waals surface area contributed by atoms with Gasteiger partial charge in [0.15, 0.2) is 0 Å². The van der Waals surface area contributed by atoms with Crippen molar-refractivity contribution in [3.8, 4) is 11.8 Å². The Kier molecular flexibility index (Phi) is 3.97. The minimum atomic E-state index is -0.0892. The summed E-state index contributed by atoms with van der Waals surface area (Å²) in [6, 6.07) is 7.18. The molecule has 0 spiro atoms. The van der Waals surface area contributed by atoms with E-state index in [1.807, 2.05) is 14.1 Å². The molecule has 4 nitrogen and oxygen atoms in total. The van der Waals surface area contributed by atoms with Gasteiger partial charge in [-0.25, -0.2) is 0 Å². The Labute approximate surface area is 103 Å². The van der Waals surface area contributed by atoms with Crippen LogP contribution < -0.4 is 10.5 Å². The standard InChI is InChI=1S/C13H19N3O/c1-13(2,16(3)4)9-17-12-6-5-11(15)7-10(12)8-14/h5-7H,9,15H2,1-4H3. The Bertz CT molecular complexity index is 433. The van der Waals surface area contributed by atoms with Crippen LogP contribution >= 0.6 is 0 Å². The topological polar surface area (TPSA) is 62.3 Å². The zero-order chi connectivity index (χ0) is 13.1. The molecule has 0 radical (unpaired) electrons. The number of benzene rings is 1. The maximum Gasteiger partial charge on any atom is 0.137 e. The van der Waals surface area contributed by atoms with E-state index in [2.05, 4.69) is 24.8 Å². The molecule has 0 amide bonds. The number of hydrogen-bond donors (Lipinski definition) is 1. The van der Waals surface area contributed by atoms with Gasteiger partial charge in [0, 0.05) is 11.2 Å². The average Bonchev–Trinajstić information content (AvgIpc) is 2.27. The molecule has 17 heavy (non-hydrogen) atoms. The average molecular weight is 233 g/mol. The first-order chi connectivity index (χ1) is 7.86. The lowest BCUT2D eigenvalue weighted by atomic mass is 10.1. The van der Waals surface area contributed by atoms with Gasteiger partial charge in [-0.1, -0.05) is 0 Å². The van der Waals surface area contributed by atoms with E-state index in [4.69, 9.17) is 15.7 Å². The molecule has 0 aromatic heterocycles. The monoisotopic (exact) mass is 233 g/mol. The SMILES string of the molecule is CN(C)C(C)(C)COc1ccc(N)cc1C#N. The largest absolute Gasteiger partial charge is 0.490 e. The maximum atomic E-state index is 8.99. The van der Waals surface area contributed by atoms with Crippen molar-refractivity contribution in [1.29, 1.82) is 5.26 Å². The number of hydrogen-bond acceptors (Lipinski definition) is 4. The molecule has 0 saturated carbocycles. The summed E-state index contributed by atoms with van der Waals surface area (Å²) < 4.78 is 5.69. The molecular formula is C13H19N3O. The molecule has 4 heteroatoms. The lowest BCUT2D eigenvalue weighted by Crippen LogP contribution is -2.43. The second kappa shape index (κ2) is 5.07. The Balaban J connectivity index is 2.80. The molecule has 1 rings (SSSR count). The van der Waals surface area contributed by atoms with Crippen molar-refractivity contribution in [2.24, 2.45) is 0 Å². The zero-order valence-corrected chi connectivity index (χ0v) is 10.8. The van der Waals surface area contributed by atoms with E-state index < -0.39 is 0 Å². The lowest BCUT2D eigenvalue weighted by Gasteiger charge is -2.32. The third kappa shape index (κ3) is 3.36. The van der Waals surface area contributed by atoms with Crippen molar-refractivity contribution >= 4 is 5.69 Å². The predicted octanol–water partition coefficient (Wildman–Crippen LogP) is 1.86. The Morgan fingerprint density at radius 1 is 1.41 bits per heavy atom. The molecule has 2 N–H and O–H groups in total. The molecule has 0 aliphatic carbocycles. The van der Waals surface area contributed by atoms with Crippen molar-refractivity contribution in [2.45, 2.75) is 19.4 Å². The van der Waals surface area contributed by atoms with E-state index >= 15 is 0 Å². The molecule has 1 aromatic carbocycles. The Morgan fingerprint density at radius 3 is 2.59 bits per heavy atom. The Hall–Kier alpha value is -1.73. The van der Waals surface area contributed by atoms with Crippen LogP contribution in [0.5, 0.6) is 5.75 Å². The van der Waals surface area contributed by atoms with Gasteiger partial charge in [0.1, 0.15) is 18.4 Å². The van der Waals surface area contributed by atoms with Gasteiger partial charge in [-0.05, 0) is 46.1 Å². The summed E-state index contributed by atoms with van der Waals surface area (Å²) in [6.45, 7) is 4.67. The molecule has 0 saturated heterocycles. The number of nitrogens with two attached hydrogens (primary N) is 1. The van der Waals surface area contributed by atoms with Gasteiger partial charge in [0.25, 0.3) is 0 Å². The highest BCUT2D eigenvalue weighted by Crippen LogP contribution is 2.22. The normalized spacial score (nSPS) is 11.3. The lowest BCUT2D eigenvalue weighted by molar-refractivity contribution is 0.114. The van der Waals surface area contributed by atoms with Gasteiger partial charge in [-0.15, -0.1) is 0 Å². The minimum absolute atomic E-state index is 0.0892. The van der Waals surface area contributed by atoms with Crippen molar-refractivity contribution in [2.75, 3.05) is 26.4 Å². The summed E-state index contributed by atoms with van der Waals surface area (Å²) in [5.41, 5.74) is 6.57. The first kappa shape index (κ1) is 13.3. The number of rotatable bonds is 4. The first-order valence-corrected chi connectivity index (χ1v) is 5.46. The summed E-state index contributed by atoms with van der Waals surface area (Å²) in [4.78, 5) is 2.08. The first-order valence-electron chi connectivity index (χ1n) is 5.46. The second-order valence-electron chi connectivity index (χ2n) is 4.86. The summed E-state index contributed by atoms with van der Waals surface area (Å²) in [6.07, 6.45) is 0. The molecule has 0 atom stereocenters. The van der Waals surface area contributed by atoms with Crippen molar-refractivity contribution in [3.05, 3.63) is 23.8 Å². The van der Waals surface area contributed by atoms with Crippen LogP contribution in [0.3, 0.4) is 0 Å². The fraction of sp³-hybridized carbons (Fsp3) is 0.462. The quantitative estimate of drug-likeness (QED) is 0.806. The Morgan fingerprint density at radius 2 is 2.06 bits per heavy atom. The van der Waals surface area contributed by atoms with Crippen LogP contribution in [0.4, 0.5) is 5.69 Å². The summed E-state index contributed by atoms with van der Waals surface area (Å²) in [7, 11) is 4.00. The van der Waals surface area contributed by atoms with Gasteiger partial charge < -0.3 is 15.4 Å². The molecule has 0 bridgehead atoms. The van der Waals surface area contributed by atoms with Gasteiger partial charge in [0.2, 0.25) is 0 Å². The number of nitrogens with zero attached hydrogens (tertiary/aromatic N) is 2. The van der Waals surface area contributed by atoms with Crippen LogP contribution in [0.25, 0.3) is 0 Å². The zero-order valence-electron chi connectivity index (χ0n) is 10.8. The molecule has 92 valence electrons. The smallest absolute Gasteiger partial charge is 0.137 e. The summed E-state index contributed by atoms with van der Waals surface area (Å²) in [5.74, 6) is 0.580. The fourth-order valence-electron chi connectivity index (χ4n) is 1.14.